The van der Waals surface area contributed by atoms with Gasteiger partial charge in [0.1, 0.15) is 11.2 Å². The van der Waals surface area contributed by atoms with Crippen molar-refractivity contribution in [3.63, 3.8) is 0 Å². The summed E-state index contributed by atoms with van der Waals surface area (Å²) in [5, 5.41) is 7.57. The third-order valence-electron chi connectivity index (χ3n) is 6.03. The number of likely N-dealkylation sites (N-methyl/N-ethyl adjacent to an activating group) is 1. The van der Waals surface area contributed by atoms with Crippen molar-refractivity contribution in [2.24, 2.45) is 0 Å². The van der Waals surface area contributed by atoms with Gasteiger partial charge in [-0.2, -0.15) is 23.3 Å². The SMILES string of the molecule is COC[C@H]1CN(C)c2nc(NCc3cnn(Cc4ccc(C(F)(F)F)nc4)c3)nc3cc(C)n1c23. The van der Waals surface area contributed by atoms with Gasteiger partial charge < -0.3 is 19.5 Å². The zero-order valence-electron chi connectivity index (χ0n) is 19.5. The van der Waals surface area contributed by atoms with Crippen LogP contribution in [0.5, 0.6) is 0 Å². The molecule has 4 aromatic heterocycles. The van der Waals surface area contributed by atoms with Gasteiger partial charge in [0, 0.05) is 50.9 Å². The fraction of sp³-hybridized carbons (Fsp3) is 0.391. The molecule has 1 N–H and O–H groups in total. The van der Waals surface area contributed by atoms with Crippen molar-refractivity contribution in [2.75, 3.05) is 37.5 Å². The van der Waals surface area contributed by atoms with Gasteiger partial charge in [0.25, 0.3) is 0 Å². The van der Waals surface area contributed by atoms with Crippen molar-refractivity contribution in [1.29, 1.82) is 0 Å². The van der Waals surface area contributed by atoms with E-state index in [2.05, 4.69) is 37.9 Å². The number of anilines is 2. The van der Waals surface area contributed by atoms with Gasteiger partial charge in [0.2, 0.25) is 5.95 Å². The highest BCUT2D eigenvalue weighted by atomic mass is 19.4. The second kappa shape index (κ2) is 8.84. The van der Waals surface area contributed by atoms with E-state index >= 15 is 0 Å². The van der Waals surface area contributed by atoms with Crippen LogP contribution in [0.3, 0.4) is 0 Å². The Morgan fingerprint density at radius 2 is 2.00 bits per heavy atom. The fourth-order valence-corrected chi connectivity index (χ4v) is 4.49. The van der Waals surface area contributed by atoms with Crippen LogP contribution in [0.1, 0.15) is 28.6 Å². The molecule has 0 spiro atoms. The van der Waals surface area contributed by atoms with Crippen LogP contribution in [-0.2, 0) is 24.0 Å². The van der Waals surface area contributed by atoms with E-state index in [4.69, 9.17) is 14.7 Å². The normalized spacial score (nSPS) is 15.7. The lowest BCUT2D eigenvalue weighted by Crippen LogP contribution is -2.35. The highest BCUT2D eigenvalue weighted by molar-refractivity contribution is 5.90. The van der Waals surface area contributed by atoms with E-state index in [9.17, 15) is 13.2 Å². The van der Waals surface area contributed by atoms with Crippen molar-refractivity contribution < 1.29 is 17.9 Å². The van der Waals surface area contributed by atoms with Crippen molar-refractivity contribution in [2.45, 2.75) is 32.2 Å². The number of hydrogen-bond donors (Lipinski definition) is 1. The van der Waals surface area contributed by atoms with Gasteiger partial charge in [0.05, 0.1) is 30.9 Å². The number of rotatable bonds is 7. The molecule has 9 nitrogen and oxygen atoms in total. The van der Waals surface area contributed by atoms with Crippen molar-refractivity contribution in [3.05, 3.63) is 59.3 Å². The molecule has 0 amide bonds. The molecule has 0 fully saturated rings. The first-order valence-corrected chi connectivity index (χ1v) is 11.1. The van der Waals surface area contributed by atoms with Crippen LogP contribution in [0, 0.1) is 6.92 Å². The molecule has 0 saturated heterocycles. The van der Waals surface area contributed by atoms with Crippen molar-refractivity contribution in [1.82, 2.24) is 29.3 Å². The largest absolute Gasteiger partial charge is 0.433 e. The minimum Gasteiger partial charge on any atom is -0.382 e. The summed E-state index contributed by atoms with van der Waals surface area (Å²) < 4.78 is 47.4. The highest BCUT2D eigenvalue weighted by Gasteiger charge is 2.32. The smallest absolute Gasteiger partial charge is 0.382 e. The maximum atomic E-state index is 12.7. The molecule has 5 rings (SSSR count). The average Bonchev–Trinajstić information content (AvgIpc) is 3.39. The Morgan fingerprint density at radius 3 is 2.71 bits per heavy atom. The summed E-state index contributed by atoms with van der Waals surface area (Å²) in [7, 11) is 3.72. The predicted octanol–water partition coefficient (Wildman–Crippen LogP) is 3.65. The Kier molecular flexibility index (Phi) is 5.83. The van der Waals surface area contributed by atoms with E-state index < -0.39 is 11.9 Å². The summed E-state index contributed by atoms with van der Waals surface area (Å²) in [6.07, 6.45) is 0.303. The summed E-state index contributed by atoms with van der Waals surface area (Å²) in [4.78, 5) is 15.1. The molecule has 0 bridgehead atoms. The van der Waals surface area contributed by atoms with Gasteiger partial charge in [0.15, 0.2) is 5.82 Å². The Hall–Kier alpha value is -3.67. The second-order valence-corrected chi connectivity index (χ2v) is 8.70. The first-order valence-electron chi connectivity index (χ1n) is 11.1. The average molecular weight is 487 g/mol. The van der Waals surface area contributed by atoms with E-state index in [1.807, 2.05) is 13.2 Å². The molecule has 1 aliphatic heterocycles. The lowest BCUT2D eigenvalue weighted by Gasteiger charge is -2.33. The summed E-state index contributed by atoms with van der Waals surface area (Å²) in [6, 6.07) is 4.64. The van der Waals surface area contributed by atoms with Gasteiger partial charge >= 0.3 is 6.18 Å². The lowest BCUT2D eigenvalue weighted by molar-refractivity contribution is -0.141. The Morgan fingerprint density at radius 1 is 1.17 bits per heavy atom. The topological polar surface area (TPSA) is 85.9 Å². The first kappa shape index (κ1) is 23.1. The van der Waals surface area contributed by atoms with Gasteiger partial charge in [-0.05, 0) is 24.6 Å². The van der Waals surface area contributed by atoms with Gasteiger partial charge in [-0.3, -0.25) is 9.67 Å². The molecule has 184 valence electrons. The lowest BCUT2D eigenvalue weighted by atomic mass is 10.2. The number of nitrogens with zero attached hydrogens (tertiary/aromatic N) is 7. The number of halogens is 3. The van der Waals surface area contributed by atoms with Crippen LogP contribution in [0.2, 0.25) is 0 Å². The number of aromatic nitrogens is 6. The number of hydrogen-bond acceptors (Lipinski definition) is 7. The third kappa shape index (κ3) is 4.53. The number of aryl methyl sites for hydroxylation is 1. The molecule has 4 aromatic rings. The summed E-state index contributed by atoms with van der Waals surface area (Å²) in [5.41, 5.74) is 3.59. The predicted molar refractivity (Wildman–Crippen MR) is 124 cm³/mol. The van der Waals surface area contributed by atoms with Crippen molar-refractivity contribution in [3.8, 4) is 0 Å². The Labute approximate surface area is 199 Å². The third-order valence-corrected chi connectivity index (χ3v) is 6.03. The van der Waals surface area contributed by atoms with E-state index in [1.54, 1.807) is 18.0 Å². The quantitative estimate of drug-likeness (QED) is 0.427. The van der Waals surface area contributed by atoms with Crippen LogP contribution < -0.4 is 10.2 Å². The molecule has 1 aliphatic rings. The van der Waals surface area contributed by atoms with Crippen LogP contribution in [0.15, 0.2) is 36.8 Å². The van der Waals surface area contributed by atoms with Crippen LogP contribution >= 0.6 is 0 Å². The Bertz CT molecular complexity index is 1350. The maximum absolute atomic E-state index is 12.7. The molecular weight excluding hydrogens is 461 g/mol. The van der Waals surface area contributed by atoms with Gasteiger partial charge in [-0.15, -0.1) is 0 Å². The summed E-state index contributed by atoms with van der Waals surface area (Å²) >= 11 is 0. The molecule has 1 atom stereocenters. The van der Waals surface area contributed by atoms with Crippen molar-refractivity contribution >= 4 is 22.8 Å². The monoisotopic (exact) mass is 486 g/mol. The number of nitrogens with one attached hydrogen (secondary N) is 1. The summed E-state index contributed by atoms with van der Waals surface area (Å²) in [5.74, 6) is 1.38. The standard InChI is InChI=1S/C23H25F3N8O/c1-14-6-18-20-21(32(2)12-17(13-35-3)34(14)20)31-22(30-18)28-8-16-9-29-33(11-16)10-15-4-5-19(27-7-15)23(24,25)26/h4-7,9,11,17H,8,10,12-13H2,1-3H3,(H,28,30,31)/t17-/m1/s1. The van der Waals surface area contributed by atoms with Gasteiger partial charge in [-0.25, -0.2) is 4.98 Å². The zero-order valence-corrected chi connectivity index (χ0v) is 19.5. The number of methoxy groups -OCH3 is 1. The van der Waals surface area contributed by atoms with E-state index in [0.717, 1.165) is 40.7 Å². The minimum atomic E-state index is -4.45. The number of alkyl halides is 3. The molecule has 0 radical (unpaired) electrons. The molecular formula is C23H25F3N8O. The molecule has 0 unspecified atom stereocenters. The van der Waals surface area contributed by atoms with E-state index in [1.165, 1.54) is 12.3 Å². The maximum Gasteiger partial charge on any atom is 0.433 e. The minimum absolute atomic E-state index is 0.197. The second-order valence-electron chi connectivity index (χ2n) is 8.70. The Balaban J connectivity index is 1.29. The first-order chi connectivity index (χ1) is 16.7. The molecule has 5 heterocycles. The van der Waals surface area contributed by atoms with Gasteiger partial charge in [-0.1, -0.05) is 6.07 Å². The van der Waals surface area contributed by atoms with E-state index in [-0.39, 0.29) is 6.04 Å². The number of pyridine rings is 1. The van der Waals surface area contributed by atoms with Crippen LogP contribution in [0.4, 0.5) is 24.9 Å². The highest BCUT2D eigenvalue weighted by Crippen LogP contribution is 2.35. The number of ether oxygens (including phenoxy) is 1. The van der Waals surface area contributed by atoms with Crippen LogP contribution in [0.25, 0.3) is 11.0 Å². The fourth-order valence-electron chi connectivity index (χ4n) is 4.49. The molecule has 0 saturated carbocycles. The zero-order chi connectivity index (χ0) is 24.7. The van der Waals surface area contributed by atoms with E-state index in [0.29, 0.717) is 31.2 Å². The molecule has 35 heavy (non-hydrogen) atoms. The summed E-state index contributed by atoms with van der Waals surface area (Å²) in [6.45, 7) is 4.23. The molecule has 12 heteroatoms. The van der Waals surface area contributed by atoms with Crippen LogP contribution in [-0.4, -0.2) is 56.6 Å². The molecule has 0 aliphatic carbocycles. The molecule has 0 aromatic carbocycles.